The second-order valence-corrected chi connectivity index (χ2v) is 10.3. The summed E-state index contributed by atoms with van der Waals surface area (Å²) in [5, 5.41) is 21.1. The van der Waals surface area contributed by atoms with E-state index in [9.17, 15) is 10.2 Å². The molecule has 30 heavy (non-hydrogen) atoms. The minimum absolute atomic E-state index is 0.000114. The van der Waals surface area contributed by atoms with Crippen LogP contribution in [0.15, 0.2) is 60.7 Å². The molecule has 2 nitrogen and oxygen atoms in total. The van der Waals surface area contributed by atoms with E-state index < -0.39 is 12.3 Å². The first-order chi connectivity index (χ1) is 14.3. The fourth-order valence-corrected chi connectivity index (χ4v) is 7.42. The summed E-state index contributed by atoms with van der Waals surface area (Å²) in [6, 6.07) is 15.9. The molecule has 0 aromatic heterocycles. The van der Waals surface area contributed by atoms with Crippen molar-refractivity contribution < 1.29 is 14.6 Å². The fourth-order valence-electron chi connectivity index (χ4n) is 7.42. The van der Waals surface area contributed by atoms with Crippen molar-refractivity contribution in [2.75, 3.05) is 0 Å². The summed E-state index contributed by atoms with van der Waals surface area (Å²) < 4.78 is 16.0. The maximum Gasteiger partial charge on any atom is 0.115 e. The highest BCUT2D eigenvalue weighted by Gasteiger charge is 2.62. The van der Waals surface area contributed by atoms with Crippen LogP contribution < -0.4 is 0 Å². The molecule has 0 amide bonds. The van der Waals surface area contributed by atoms with E-state index in [0.717, 1.165) is 23.1 Å². The Bertz CT molecular complexity index is 970. The summed E-state index contributed by atoms with van der Waals surface area (Å²) in [6.45, 7) is 8.43. The number of alkyl halides is 1. The third-order valence-corrected chi connectivity index (χ3v) is 8.35. The van der Waals surface area contributed by atoms with Gasteiger partial charge in [0.1, 0.15) is 11.9 Å². The van der Waals surface area contributed by atoms with Gasteiger partial charge in [0.05, 0.1) is 6.10 Å². The Hall–Kier alpha value is -2.13. The second-order valence-electron chi connectivity index (χ2n) is 10.3. The van der Waals surface area contributed by atoms with E-state index in [4.69, 9.17) is 0 Å². The van der Waals surface area contributed by atoms with E-state index in [1.54, 1.807) is 6.07 Å². The van der Waals surface area contributed by atoms with Gasteiger partial charge in [-0.25, -0.2) is 4.39 Å². The quantitative estimate of drug-likeness (QED) is 0.623. The Morgan fingerprint density at radius 3 is 2.57 bits per heavy atom. The number of halogens is 1. The number of phenols is 1. The minimum Gasteiger partial charge on any atom is -0.508 e. The molecule has 3 aliphatic rings. The molecule has 2 saturated carbocycles. The molecule has 0 radical (unpaired) electrons. The Kier molecular flexibility index (Phi) is 4.59. The number of fused-ring (bicyclic) bond motifs is 5. The number of benzene rings is 2. The molecule has 0 heterocycles. The largest absolute Gasteiger partial charge is 0.508 e. The van der Waals surface area contributed by atoms with E-state index >= 15 is 4.39 Å². The van der Waals surface area contributed by atoms with Crippen LogP contribution in [-0.2, 0) is 6.42 Å². The van der Waals surface area contributed by atoms with Crippen LogP contribution in [-0.4, -0.2) is 22.5 Å². The second kappa shape index (κ2) is 6.95. The van der Waals surface area contributed by atoms with Crippen molar-refractivity contribution in [1.29, 1.82) is 0 Å². The van der Waals surface area contributed by atoms with Crippen molar-refractivity contribution in [2.45, 2.75) is 57.2 Å². The molecular weight excluding hydrogens is 375 g/mol. The molecule has 1 unspecified atom stereocenters. The topological polar surface area (TPSA) is 40.5 Å². The lowest BCUT2D eigenvalue weighted by Crippen LogP contribution is -2.50. The standard InChI is InChI=1S/C27H31FO2/c1-15(2)23-22(30)14-27(3)13-21(28)24-19-10-9-18(29)11-17(19)12-20(25(24)26(23)27)16-7-5-4-6-8-16/h4-11,20-26,29-30H,1,12-14H2,2-3H3/t20-,21-,22+,23?,24-,25+,26-,27+/m0/s1. The zero-order valence-corrected chi connectivity index (χ0v) is 17.8. The third kappa shape index (κ3) is 2.85. The van der Waals surface area contributed by atoms with Gasteiger partial charge in [-0.2, -0.15) is 0 Å². The van der Waals surface area contributed by atoms with Gasteiger partial charge in [-0.1, -0.05) is 55.5 Å². The highest BCUT2D eigenvalue weighted by atomic mass is 19.1. The molecule has 2 N–H and O–H groups in total. The minimum atomic E-state index is -0.956. The van der Waals surface area contributed by atoms with Gasteiger partial charge in [-0.15, -0.1) is 0 Å². The zero-order chi connectivity index (χ0) is 21.2. The molecular formula is C27H31FO2. The summed E-state index contributed by atoms with van der Waals surface area (Å²) >= 11 is 0. The molecule has 0 aliphatic heterocycles. The lowest BCUT2D eigenvalue weighted by Gasteiger charge is -2.55. The van der Waals surface area contributed by atoms with Crippen molar-refractivity contribution in [3.63, 3.8) is 0 Å². The third-order valence-electron chi connectivity index (χ3n) is 8.35. The molecule has 2 aromatic rings. The number of aliphatic hydroxyl groups excluding tert-OH is 1. The molecule has 5 rings (SSSR count). The average molecular weight is 407 g/mol. The first-order valence-corrected chi connectivity index (χ1v) is 11.1. The highest BCUT2D eigenvalue weighted by molar-refractivity contribution is 5.44. The number of phenolic OH excluding ortho intramolecular Hbond substituents is 1. The Morgan fingerprint density at radius 2 is 1.87 bits per heavy atom. The van der Waals surface area contributed by atoms with Crippen LogP contribution in [0.4, 0.5) is 4.39 Å². The zero-order valence-electron chi connectivity index (χ0n) is 17.8. The normalized spacial score (nSPS) is 39.7. The van der Waals surface area contributed by atoms with Crippen molar-refractivity contribution in [2.24, 2.45) is 23.2 Å². The van der Waals surface area contributed by atoms with Crippen molar-refractivity contribution in [1.82, 2.24) is 0 Å². The molecule has 2 aromatic carbocycles. The molecule has 0 spiro atoms. The van der Waals surface area contributed by atoms with Crippen LogP contribution >= 0.6 is 0 Å². The first-order valence-electron chi connectivity index (χ1n) is 11.1. The van der Waals surface area contributed by atoms with E-state index in [-0.39, 0.29) is 40.8 Å². The summed E-state index contributed by atoms with van der Waals surface area (Å²) in [5.41, 5.74) is 4.10. The highest BCUT2D eigenvalue weighted by Crippen LogP contribution is 2.66. The molecule has 2 fully saturated rings. The molecule has 158 valence electrons. The van der Waals surface area contributed by atoms with Gasteiger partial charge in [-0.05, 0) is 78.2 Å². The van der Waals surface area contributed by atoms with Crippen molar-refractivity contribution in [3.8, 4) is 5.75 Å². The predicted molar refractivity (Wildman–Crippen MR) is 117 cm³/mol. The van der Waals surface area contributed by atoms with Gasteiger partial charge in [-0.3, -0.25) is 0 Å². The Labute approximate surface area is 178 Å². The van der Waals surface area contributed by atoms with E-state index in [1.165, 1.54) is 5.56 Å². The van der Waals surface area contributed by atoms with Crippen LogP contribution in [0.2, 0.25) is 0 Å². The van der Waals surface area contributed by atoms with Gasteiger partial charge < -0.3 is 10.2 Å². The van der Waals surface area contributed by atoms with Crippen LogP contribution in [0.1, 0.15) is 55.2 Å². The van der Waals surface area contributed by atoms with Gasteiger partial charge in [0.25, 0.3) is 0 Å². The molecule has 0 bridgehead atoms. The van der Waals surface area contributed by atoms with Gasteiger partial charge >= 0.3 is 0 Å². The van der Waals surface area contributed by atoms with Crippen LogP contribution in [0, 0.1) is 23.2 Å². The van der Waals surface area contributed by atoms with Crippen LogP contribution in [0.5, 0.6) is 5.75 Å². The van der Waals surface area contributed by atoms with E-state index in [1.807, 2.05) is 25.1 Å². The lowest BCUT2D eigenvalue weighted by atomic mass is 9.50. The number of aliphatic hydroxyl groups is 1. The molecule has 3 heteroatoms. The predicted octanol–water partition coefficient (Wildman–Crippen LogP) is 5.75. The maximum absolute atomic E-state index is 16.0. The van der Waals surface area contributed by atoms with Gasteiger partial charge in [0.2, 0.25) is 0 Å². The number of hydrogen-bond acceptors (Lipinski definition) is 2. The number of rotatable bonds is 2. The summed E-state index contributed by atoms with van der Waals surface area (Å²) in [6.07, 6.45) is 0.487. The SMILES string of the molecule is C=C(C)C1[C@H](O)C[C@@]2(C)C[C@H](F)[C@@H]3c4ccc(O)cc4C[C@@H](c4ccccc4)[C@H]3[C@H]12. The summed E-state index contributed by atoms with van der Waals surface area (Å²) in [4.78, 5) is 0. The van der Waals surface area contributed by atoms with E-state index in [0.29, 0.717) is 12.8 Å². The fraction of sp³-hybridized carbons (Fsp3) is 0.481. The smallest absolute Gasteiger partial charge is 0.115 e. The molecule has 0 saturated heterocycles. The summed E-state index contributed by atoms with van der Waals surface area (Å²) in [7, 11) is 0. The number of aromatic hydroxyl groups is 1. The van der Waals surface area contributed by atoms with Gasteiger partial charge in [0, 0.05) is 11.8 Å². The first kappa shape index (κ1) is 19.8. The Balaban J connectivity index is 1.72. The van der Waals surface area contributed by atoms with E-state index in [2.05, 4.69) is 37.8 Å². The average Bonchev–Trinajstić information content (AvgIpc) is 2.97. The van der Waals surface area contributed by atoms with Crippen LogP contribution in [0.25, 0.3) is 0 Å². The molecule has 8 atom stereocenters. The molecule has 3 aliphatic carbocycles. The van der Waals surface area contributed by atoms with Gasteiger partial charge in [0.15, 0.2) is 0 Å². The summed E-state index contributed by atoms with van der Waals surface area (Å²) in [5.74, 6) is 0.461. The Morgan fingerprint density at radius 1 is 1.13 bits per heavy atom. The van der Waals surface area contributed by atoms with Crippen molar-refractivity contribution >= 4 is 0 Å². The monoisotopic (exact) mass is 406 g/mol. The van der Waals surface area contributed by atoms with Crippen LogP contribution in [0.3, 0.4) is 0 Å². The van der Waals surface area contributed by atoms with Crippen molar-refractivity contribution in [3.05, 3.63) is 77.4 Å². The lowest BCUT2D eigenvalue weighted by molar-refractivity contribution is -0.0206. The maximum atomic E-state index is 16.0. The number of hydrogen-bond donors (Lipinski definition) is 2.